The van der Waals surface area contributed by atoms with Crippen LogP contribution in [0.3, 0.4) is 0 Å². The first-order valence-corrected chi connectivity index (χ1v) is 5.05. The third kappa shape index (κ3) is 4.83. The molecule has 17 heavy (non-hydrogen) atoms. The van der Waals surface area contributed by atoms with E-state index >= 15 is 0 Å². The van der Waals surface area contributed by atoms with Gasteiger partial charge in [0.1, 0.15) is 0 Å². The van der Waals surface area contributed by atoms with Gasteiger partial charge in [-0.2, -0.15) is 0 Å². The average Bonchev–Trinajstić information content (AvgIpc) is 2.28. The van der Waals surface area contributed by atoms with E-state index in [1.807, 2.05) is 30.3 Å². The molecule has 90 valence electrons. The molecule has 0 heterocycles. The number of carboxylic acid groups (broad SMARTS) is 2. The van der Waals surface area contributed by atoms with Gasteiger partial charge in [0.2, 0.25) is 0 Å². The molecule has 0 aromatic heterocycles. The molecule has 0 aliphatic rings. The molecule has 0 bridgehead atoms. The highest BCUT2D eigenvalue weighted by molar-refractivity contribution is 5.94. The first-order valence-electron chi connectivity index (χ1n) is 5.05. The quantitative estimate of drug-likeness (QED) is 0.652. The van der Waals surface area contributed by atoms with E-state index in [0.29, 0.717) is 6.54 Å². The first kappa shape index (κ1) is 12.8. The Morgan fingerprint density at radius 2 is 1.82 bits per heavy atom. The van der Waals surface area contributed by atoms with Crippen LogP contribution >= 0.6 is 0 Å². The Balaban J connectivity index is 2.49. The van der Waals surface area contributed by atoms with E-state index < -0.39 is 11.9 Å². The molecule has 0 spiro atoms. The predicted molar refractivity (Wildman–Crippen MR) is 62.9 cm³/mol. The Labute approximate surface area is 98.4 Å². The fourth-order valence-electron chi connectivity index (χ4n) is 1.29. The number of nitrogens with one attached hydrogen (secondary N) is 1. The maximum Gasteiger partial charge on any atom is 0.331 e. The summed E-state index contributed by atoms with van der Waals surface area (Å²) >= 11 is 0. The van der Waals surface area contributed by atoms with Gasteiger partial charge in [0.25, 0.3) is 0 Å². The van der Waals surface area contributed by atoms with Gasteiger partial charge in [-0.15, -0.1) is 0 Å². The zero-order chi connectivity index (χ0) is 12.7. The van der Waals surface area contributed by atoms with Crippen molar-refractivity contribution in [2.75, 3.05) is 11.9 Å². The molecule has 1 aromatic rings. The molecule has 0 aliphatic heterocycles. The Morgan fingerprint density at radius 1 is 1.18 bits per heavy atom. The van der Waals surface area contributed by atoms with Crippen LogP contribution in [0.4, 0.5) is 5.69 Å². The number of anilines is 1. The minimum Gasteiger partial charge on any atom is -0.478 e. The fraction of sp³-hybridized carbons (Fsp3) is 0.167. The number of aliphatic carboxylic acids is 2. The van der Waals surface area contributed by atoms with Crippen molar-refractivity contribution in [3.05, 3.63) is 42.0 Å². The second kappa shape index (κ2) is 6.32. The summed E-state index contributed by atoms with van der Waals surface area (Å²) in [6.45, 7) is 0.370. The van der Waals surface area contributed by atoms with E-state index in [9.17, 15) is 9.59 Å². The molecule has 0 amide bonds. The van der Waals surface area contributed by atoms with E-state index in [1.54, 1.807) is 0 Å². The van der Waals surface area contributed by atoms with Gasteiger partial charge >= 0.3 is 11.9 Å². The third-order valence-electron chi connectivity index (χ3n) is 2.07. The maximum absolute atomic E-state index is 10.7. The van der Waals surface area contributed by atoms with Gasteiger partial charge in [-0.05, 0) is 18.6 Å². The molecular formula is C12H13NO4. The lowest BCUT2D eigenvalue weighted by molar-refractivity contribution is -0.135. The lowest BCUT2D eigenvalue weighted by atomic mass is 10.1. The van der Waals surface area contributed by atoms with E-state index in [4.69, 9.17) is 10.2 Å². The monoisotopic (exact) mass is 235 g/mol. The maximum atomic E-state index is 10.7. The lowest BCUT2D eigenvalue weighted by Gasteiger charge is -2.06. The number of hydrogen-bond acceptors (Lipinski definition) is 3. The number of rotatable bonds is 6. The van der Waals surface area contributed by atoms with Crippen LogP contribution < -0.4 is 5.32 Å². The van der Waals surface area contributed by atoms with Crippen molar-refractivity contribution in [1.82, 2.24) is 0 Å². The van der Waals surface area contributed by atoms with Gasteiger partial charge in [0, 0.05) is 23.9 Å². The molecule has 1 aromatic carbocycles. The number of para-hydroxylation sites is 1. The van der Waals surface area contributed by atoms with E-state index in [0.717, 1.165) is 11.8 Å². The van der Waals surface area contributed by atoms with Crippen LogP contribution in [0.15, 0.2) is 42.0 Å². The van der Waals surface area contributed by atoms with Crippen molar-refractivity contribution in [2.24, 2.45) is 0 Å². The molecule has 0 saturated heterocycles. The van der Waals surface area contributed by atoms with Crippen LogP contribution in [-0.4, -0.2) is 28.7 Å². The van der Waals surface area contributed by atoms with Crippen molar-refractivity contribution in [1.29, 1.82) is 0 Å². The molecule has 0 aliphatic carbocycles. The summed E-state index contributed by atoms with van der Waals surface area (Å²) in [6, 6.07) is 9.28. The smallest absolute Gasteiger partial charge is 0.331 e. The topological polar surface area (TPSA) is 86.6 Å². The summed E-state index contributed by atoms with van der Waals surface area (Å²) in [7, 11) is 0. The van der Waals surface area contributed by atoms with Crippen LogP contribution in [-0.2, 0) is 9.59 Å². The Kier molecular flexibility index (Phi) is 4.75. The van der Waals surface area contributed by atoms with Crippen LogP contribution in [0.5, 0.6) is 0 Å². The molecule has 3 N–H and O–H groups in total. The normalized spacial score (nSPS) is 10.9. The van der Waals surface area contributed by atoms with Crippen LogP contribution in [0.1, 0.15) is 6.42 Å². The SMILES string of the molecule is O=C(O)/C=C(\CCNc1ccccc1)C(=O)O. The average molecular weight is 235 g/mol. The number of carbonyl (C=O) groups is 2. The Hall–Kier alpha value is -2.30. The molecule has 0 fully saturated rings. The molecule has 5 heteroatoms. The van der Waals surface area contributed by atoms with E-state index in [-0.39, 0.29) is 12.0 Å². The molecule has 0 unspecified atom stereocenters. The Bertz CT molecular complexity index is 425. The highest BCUT2D eigenvalue weighted by atomic mass is 16.4. The molecular weight excluding hydrogens is 222 g/mol. The van der Waals surface area contributed by atoms with Gasteiger partial charge in [0.15, 0.2) is 0 Å². The predicted octanol–water partition coefficient (Wildman–Crippen LogP) is 1.58. The van der Waals surface area contributed by atoms with Crippen molar-refractivity contribution in [3.63, 3.8) is 0 Å². The van der Waals surface area contributed by atoms with Gasteiger partial charge in [-0.1, -0.05) is 18.2 Å². The first-order chi connectivity index (χ1) is 8.09. The minimum absolute atomic E-state index is 0.124. The molecule has 0 saturated carbocycles. The van der Waals surface area contributed by atoms with Crippen molar-refractivity contribution in [2.45, 2.75) is 6.42 Å². The third-order valence-corrected chi connectivity index (χ3v) is 2.07. The van der Waals surface area contributed by atoms with Crippen molar-refractivity contribution < 1.29 is 19.8 Å². The van der Waals surface area contributed by atoms with Crippen molar-refractivity contribution in [3.8, 4) is 0 Å². The highest BCUT2D eigenvalue weighted by Gasteiger charge is 2.08. The second-order valence-electron chi connectivity index (χ2n) is 3.36. The summed E-state index contributed by atoms with van der Waals surface area (Å²) in [5, 5.41) is 20.3. The van der Waals surface area contributed by atoms with Gasteiger partial charge < -0.3 is 15.5 Å². The zero-order valence-electron chi connectivity index (χ0n) is 9.09. The van der Waals surface area contributed by atoms with Crippen LogP contribution in [0.2, 0.25) is 0 Å². The second-order valence-corrected chi connectivity index (χ2v) is 3.36. The summed E-state index contributed by atoms with van der Waals surface area (Å²) < 4.78 is 0. The van der Waals surface area contributed by atoms with Crippen LogP contribution in [0, 0.1) is 0 Å². The van der Waals surface area contributed by atoms with E-state index in [1.165, 1.54) is 0 Å². The van der Waals surface area contributed by atoms with Gasteiger partial charge in [-0.3, -0.25) is 0 Å². The standard InChI is InChI=1S/C12H13NO4/c14-11(15)8-9(12(16)17)6-7-13-10-4-2-1-3-5-10/h1-5,8,13H,6-7H2,(H,14,15)(H,16,17)/b9-8+. The largest absolute Gasteiger partial charge is 0.478 e. The number of hydrogen-bond donors (Lipinski definition) is 3. The van der Waals surface area contributed by atoms with Crippen LogP contribution in [0.25, 0.3) is 0 Å². The summed E-state index contributed by atoms with van der Waals surface area (Å²) in [4.78, 5) is 21.1. The zero-order valence-corrected chi connectivity index (χ0v) is 9.09. The fourth-order valence-corrected chi connectivity index (χ4v) is 1.29. The Morgan fingerprint density at radius 3 is 2.35 bits per heavy atom. The number of carboxylic acids is 2. The highest BCUT2D eigenvalue weighted by Crippen LogP contribution is 2.07. The van der Waals surface area contributed by atoms with E-state index in [2.05, 4.69) is 5.32 Å². The molecule has 0 atom stereocenters. The van der Waals surface area contributed by atoms with Crippen molar-refractivity contribution >= 4 is 17.6 Å². The van der Waals surface area contributed by atoms with Gasteiger partial charge in [0.05, 0.1) is 0 Å². The number of benzene rings is 1. The lowest BCUT2D eigenvalue weighted by Crippen LogP contribution is -2.10. The summed E-state index contributed by atoms with van der Waals surface area (Å²) in [5.41, 5.74) is 0.744. The molecule has 0 radical (unpaired) electrons. The minimum atomic E-state index is -1.25. The molecule has 1 rings (SSSR count). The van der Waals surface area contributed by atoms with Gasteiger partial charge in [-0.25, -0.2) is 9.59 Å². The summed E-state index contributed by atoms with van der Waals surface area (Å²) in [6.07, 6.45) is 0.867. The summed E-state index contributed by atoms with van der Waals surface area (Å²) in [5.74, 6) is -2.45. The molecule has 5 nitrogen and oxygen atoms in total.